The lowest BCUT2D eigenvalue weighted by atomic mass is 10.1. The summed E-state index contributed by atoms with van der Waals surface area (Å²) in [5.41, 5.74) is 6.15. The first-order valence-electron chi connectivity index (χ1n) is 6.46. The molecule has 0 aromatic heterocycles. The average Bonchev–Trinajstić information content (AvgIpc) is 2.82. The van der Waals surface area contributed by atoms with E-state index in [9.17, 15) is 8.42 Å². The summed E-state index contributed by atoms with van der Waals surface area (Å²) in [5.74, 6) is 0.380. The number of sulfonamides is 1. The Morgan fingerprint density at radius 2 is 2.10 bits per heavy atom. The summed E-state index contributed by atoms with van der Waals surface area (Å²) in [6, 6.07) is 6.30. The number of likely N-dealkylation sites (tertiary alicyclic amines) is 1. The molecule has 3 N–H and O–H groups in total. The first kappa shape index (κ1) is 15.4. The summed E-state index contributed by atoms with van der Waals surface area (Å²) in [6.45, 7) is 2.43. The van der Waals surface area contributed by atoms with Crippen LogP contribution in [0.5, 0.6) is 0 Å². The van der Waals surface area contributed by atoms with Crippen molar-refractivity contribution >= 4 is 27.2 Å². The van der Waals surface area contributed by atoms with Crippen LogP contribution >= 0.6 is 12.2 Å². The van der Waals surface area contributed by atoms with Crippen LogP contribution in [0.25, 0.3) is 0 Å². The van der Waals surface area contributed by atoms with Crippen LogP contribution in [-0.4, -0.2) is 45.0 Å². The Morgan fingerprint density at radius 3 is 2.60 bits per heavy atom. The molecule has 0 saturated carbocycles. The predicted molar refractivity (Wildman–Crippen MR) is 83.1 cm³/mol. The first-order valence-corrected chi connectivity index (χ1v) is 8.36. The summed E-state index contributed by atoms with van der Waals surface area (Å²) < 4.78 is 27.0. The molecule has 1 fully saturated rings. The van der Waals surface area contributed by atoms with Crippen LogP contribution in [0.4, 0.5) is 0 Å². The highest BCUT2D eigenvalue weighted by Crippen LogP contribution is 2.15. The molecule has 0 spiro atoms. The number of hydrogen-bond acceptors (Lipinski definition) is 4. The largest absolute Gasteiger partial charge is 0.389 e. The zero-order valence-electron chi connectivity index (χ0n) is 11.4. The van der Waals surface area contributed by atoms with Gasteiger partial charge in [0.15, 0.2) is 0 Å². The molecule has 1 saturated heterocycles. The number of nitrogens with one attached hydrogen (secondary N) is 1. The van der Waals surface area contributed by atoms with Gasteiger partial charge in [0.25, 0.3) is 0 Å². The SMILES string of the molecule is CN1CCC(CNS(=O)(=O)c2ccc(C(N)=S)cc2)C1. The zero-order chi connectivity index (χ0) is 14.8. The Morgan fingerprint density at radius 1 is 1.45 bits per heavy atom. The number of nitrogens with two attached hydrogens (primary N) is 1. The standard InChI is InChI=1S/C13H19N3O2S2/c1-16-7-6-10(9-16)8-15-20(17,18)12-4-2-11(3-5-12)13(14)19/h2-5,10,15H,6-9H2,1H3,(H2,14,19). The van der Waals surface area contributed by atoms with Crippen molar-refractivity contribution in [2.24, 2.45) is 11.7 Å². The van der Waals surface area contributed by atoms with Crippen molar-refractivity contribution in [1.82, 2.24) is 9.62 Å². The van der Waals surface area contributed by atoms with E-state index in [-0.39, 0.29) is 9.88 Å². The molecular weight excluding hydrogens is 294 g/mol. The summed E-state index contributed by atoms with van der Waals surface area (Å²) in [5, 5.41) is 0. The maximum Gasteiger partial charge on any atom is 0.240 e. The van der Waals surface area contributed by atoms with Crippen molar-refractivity contribution in [3.05, 3.63) is 29.8 Å². The summed E-state index contributed by atoms with van der Waals surface area (Å²) >= 11 is 4.84. The van der Waals surface area contributed by atoms with Gasteiger partial charge in [-0.2, -0.15) is 0 Å². The Balaban J connectivity index is 2.00. The number of nitrogens with zero attached hydrogens (tertiary/aromatic N) is 1. The molecule has 1 heterocycles. The third kappa shape index (κ3) is 3.76. The minimum atomic E-state index is -3.46. The van der Waals surface area contributed by atoms with Gasteiger partial charge in [0.1, 0.15) is 4.99 Å². The van der Waals surface area contributed by atoms with Crippen LogP contribution in [-0.2, 0) is 10.0 Å². The maximum atomic E-state index is 12.2. The van der Waals surface area contributed by atoms with E-state index < -0.39 is 10.0 Å². The Hall–Kier alpha value is -1.02. The smallest absolute Gasteiger partial charge is 0.240 e. The molecule has 1 atom stereocenters. The van der Waals surface area contributed by atoms with Gasteiger partial charge in [-0.3, -0.25) is 0 Å². The van der Waals surface area contributed by atoms with E-state index in [2.05, 4.69) is 9.62 Å². The molecule has 0 aliphatic carbocycles. The molecule has 7 heteroatoms. The molecule has 1 aliphatic rings. The second-order valence-corrected chi connectivity index (χ2v) is 7.36. The maximum absolute atomic E-state index is 12.2. The fourth-order valence-corrected chi connectivity index (χ4v) is 3.55. The second kappa shape index (κ2) is 6.17. The van der Waals surface area contributed by atoms with E-state index in [1.807, 2.05) is 7.05 Å². The van der Waals surface area contributed by atoms with Crippen LogP contribution in [0.15, 0.2) is 29.2 Å². The highest BCUT2D eigenvalue weighted by molar-refractivity contribution is 7.89. The molecule has 1 aromatic carbocycles. The van der Waals surface area contributed by atoms with Gasteiger partial charge < -0.3 is 10.6 Å². The summed E-state index contributed by atoms with van der Waals surface area (Å²) in [6.07, 6.45) is 1.03. The van der Waals surface area contributed by atoms with Gasteiger partial charge >= 0.3 is 0 Å². The number of thiocarbonyl (C=S) groups is 1. The molecule has 0 amide bonds. The molecular formula is C13H19N3O2S2. The van der Waals surface area contributed by atoms with Crippen LogP contribution < -0.4 is 10.5 Å². The highest BCUT2D eigenvalue weighted by Gasteiger charge is 2.22. The Labute approximate surface area is 125 Å². The summed E-state index contributed by atoms with van der Waals surface area (Å²) in [4.78, 5) is 2.70. The zero-order valence-corrected chi connectivity index (χ0v) is 13.0. The van der Waals surface area contributed by atoms with E-state index in [1.165, 1.54) is 12.1 Å². The molecule has 110 valence electrons. The molecule has 0 radical (unpaired) electrons. The van der Waals surface area contributed by atoms with Gasteiger partial charge in [-0.25, -0.2) is 13.1 Å². The lowest BCUT2D eigenvalue weighted by molar-refractivity contribution is 0.394. The van der Waals surface area contributed by atoms with E-state index in [1.54, 1.807) is 12.1 Å². The molecule has 0 bridgehead atoms. The summed E-state index contributed by atoms with van der Waals surface area (Å²) in [7, 11) is -1.42. The molecule has 2 rings (SSSR count). The van der Waals surface area contributed by atoms with Crippen molar-refractivity contribution in [2.45, 2.75) is 11.3 Å². The van der Waals surface area contributed by atoms with Crippen LogP contribution in [0.3, 0.4) is 0 Å². The normalized spacial score (nSPS) is 20.1. The van der Waals surface area contributed by atoms with Gasteiger partial charge in [-0.05, 0) is 38.1 Å². The fourth-order valence-electron chi connectivity index (χ4n) is 2.30. The minimum Gasteiger partial charge on any atom is -0.389 e. The van der Waals surface area contributed by atoms with Crippen LogP contribution in [0.2, 0.25) is 0 Å². The lowest BCUT2D eigenvalue weighted by Gasteiger charge is -2.12. The second-order valence-electron chi connectivity index (χ2n) is 5.16. The topological polar surface area (TPSA) is 75.4 Å². The molecule has 1 aromatic rings. The van der Waals surface area contributed by atoms with Gasteiger partial charge in [0.05, 0.1) is 4.90 Å². The van der Waals surface area contributed by atoms with Crippen LogP contribution in [0.1, 0.15) is 12.0 Å². The van der Waals surface area contributed by atoms with E-state index >= 15 is 0 Å². The predicted octanol–water partition coefficient (Wildman–Crippen LogP) is 0.551. The van der Waals surface area contributed by atoms with E-state index in [0.29, 0.717) is 18.0 Å². The molecule has 20 heavy (non-hydrogen) atoms. The van der Waals surface area contributed by atoms with Gasteiger partial charge in [0, 0.05) is 18.7 Å². The highest BCUT2D eigenvalue weighted by atomic mass is 32.2. The van der Waals surface area contributed by atoms with Gasteiger partial charge in [-0.15, -0.1) is 0 Å². The van der Waals surface area contributed by atoms with Crippen molar-refractivity contribution in [3.63, 3.8) is 0 Å². The molecule has 5 nitrogen and oxygen atoms in total. The fraction of sp³-hybridized carbons (Fsp3) is 0.462. The number of rotatable bonds is 5. The minimum absolute atomic E-state index is 0.240. The first-order chi connectivity index (χ1) is 9.38. The Bertz CT molecular complexity index is 584. The number of benzene rings is 1. The van der Waals surface area contributed by atoms with Crippen molar-refractivity contribution in [2.75, 3.05) is 26.7 Å². The third-order valence-electron chi connectivity index (χ3n) is 3.50. The monoisotopic (exact) mass is 313 g/mol. The van der Waals surface area contributed by atoms with Gasteiger partial charge in [0.2, 0.25) is 10.0 Å². The quantitative estimate of drug-likeness (QED) is 0.777. The van der Waals surface area contributed by atoms with Crippen molar-refractivity contribution < 1.29 is 8.42 Å². The van der Waals surface area contributed by atoms with Crippen LogP contribution in [0, 0.1) is 5.92 Å². The van der Waals surface area contributed by atoms with E-state index in [0.717, 1.165) is 19.5 Å². The third-order valence-corrected chi connectivity index (χ3v) is 5.18. The Kier molecular flexibility index (Phi) is 4.74. The van der Waals surface area contributed by atoms with Crippen molar-refractivity contribution in [3.8, 4) is 0 Å². The average molecular weight is 313 g/mol. The van der Waals surface area contributed by atoms with E-state index in [4.69, 9.17) is 18.0 Å². The van der Waals surface area contributed by atoms with Crippen molar-refractivity contribution in [1.29, 1.82) is 0 Å². The molecule has 1 aliphatic heterocycles. The molecule has 1 unspecified atom stereocenters. The number of hydrogen-bond donors (Lipinski definition) is 2. The lowest BCUT2D eigenvalue weighted by Crippen LogP contribution is -2.30. The van der Waals surface area contributed by atoms with Gasteiger partial charge in [-0.1, -0.05) is 24.4 Å².